The Morgan fingerprint density at radius 2 is 1.85 bits per heavy atom. The van der Waals surface area contributed by atoms with Crippen LogP contribution in [0.15, 0.2) is 0 Å². The van der Waals surface area contributed by atoms with Crippen molar-refractivity contribution in [2.24, 2.45) is 5.73 Å². The average molecular weight is 218 g/mol. The van der Waals surface area contributed by atoms with Gasteiger partial charge in [-0.25, -0.2) is 0 Å². The van der Waals surface area contributed by atoms with Gasteiger partial charge in [-0.15, -0.1) is 0 Å². The van der Waals surface area contributed by atoms with Crippen molar-refractivity contribution in [2.75, 3.05) is 36.1 Å². The highest BCUT2D eigenvalue weighted by molar-refractivity contribution is 8.03. The van der Waals surface area contributed by atoms with Gasteiger partial charge >= 0.3 is 0 Å². The normalized spacial score (nSPS) is 33.5. The van der Waals surface area contributed by atoms with Crippen LogP contribution in [-0.4, -0.2) is 53.1 Å². The van der Waals surface area contributed by atoms with Gasteiger partial charge in [-0.3, -0.25) is 4.90 Å². The summed E-state index contributed by atoms with van der Waals surface area (Å²) in [5, 5.41) is 0. The van der Waals surface area contributed by atoms with Crippen LogP contribution in [-0.2, 0) is 0 Å². The van der Waals surface area contributed by atoms with Crippen molar-refractivity contribution in [1.82, 2.24) is 4.90 Å². The van der Waals surface area contributed by atoms with Crippen molar-refractivity contribution >= 4 is 23.5 Å². The summed E-state index contributed by atoms with van der Waals surface area (Å²) in [5.41, 5.74) is 5.92. The number of nitrogens with two attached hydrogens (primary N) is 1. The minimum atomic E-state index is 0.443. The molecule has 2 aliphatic heterocycles. The van der Waals surface area contributed by atoms with E-state index in [0.29, 0.717) is 6.04 Å². The number of likely N-dealkylation sites (tertiary alicyclic amines) is 1. The van der Waals surface area contributed by atoms with Gasteiger partial charge in [0.05, 0.1) is 0 Å². The van der Waals surface area contributed by atoms with E-state index in [2.05, 4.69) is 28.4 Å². The molecule has 2 heterocycles. The van der Waals surface area contributed by atoms with Crippen LogP contribution in [0.1, 0.15) is 6.42 Å². The minimum Gasteiger partial charge on any atom is -0.326 e. The number of thioether (sulfide) groups is 2. The molecule has 0 aromatic carbocycles. The zero-order chi connectivity index (χ0) is 9.10. The number of hydrogen-bond acceptors (Lipinski definition) is 4. The van der Waals surface area contributed by atoms with Crippen molar-refractivity contribution in [3.63, 3.8) is 0 Å². The molecule has 2 N–H and O–H groups in total. The highest BCUT2D eigenvalue weighted by Gasteiger charge is 2.26. The molecule has 0 aromatic rings. The van der Waals surface area contributed by atoms with Crippen LogP contribution in [0.2, 0.25) is 0 Å². The zero-order valence-electron chi connectivity index (χ0n) is 7.95. The molecule has 0 saturated carbocycles. The fourth-order valence-corrected chi connectivity index (χ4v) is 4.59. The second-order valence-corrected chi connectivity index (χ2v) is 6.15. The molecule has 2 fully saturated rings. The predicted octanol–water partition coefficient (Wildman–Crippen LogP) is 0.868. The van der Waals surface area contributed by atoms with E-state index in [1.165, 1.54) is 36.0 Å². The van der Waals surface area contributed by atoms with Gasteiger partial charge in [-0.05, 0) is 6.42 Å². The summed E-state index contributed by atoms with van der Waals surface area (Å²) >= 11 is 4.22. The lowest BCUT2D eigenvalue weighted by Gasteiger charge is -2.25. The van der Waals surface area contributed by atoms with Gasteiger partial charge in [0.25, 0.3) is 0 Å². The molecule has 76 valence electrons. The molecule has 0 amide bonds. The third kappa shape index (κ3) is 2.78. The standard InChI is InChI=1S/C9H18N2S2/c10-8-1-2-11(5-8)9-6-12-3-4-13-7-9/h8-9H,1-7,10H2. The number of nitrogens with zero attached hydrogens (tertiary/aromatic N) is 1. The molecule has 2 saturated heterocycles. The van der Waals surface area contributed by atoms with Gasteiger partial charge in [0, 0.05) is 48.2 Å². The molecule has 0 aliphatic carbocycles. The summed E-state index contributed by atoms with van der Waals surface area (Å²) < 4.78 is 0. The third-order valence-electron chi connectivity index (χ3n) is 2.77. The fourth-order valence-electron chi connectivity index (χ4n) is 1.96. The van der Waals surface area contributed by atoms with Crippen LogP contribution in [0.4, 0.5) is 0 Å². The first-order valence-corrected chi connectivity index (χ1v) is 7.32. The lowest BCUT2D eigenvalue weighted by atomic mass is 10.3. The van der Waals surface area contributed by atoms with E-state index in [1.54, 1.807) is 0 Å². The van der Waals surface area contributed by atoms with Crippen molar-refractivity contribution in [3.05, 3.63) is 0 Å². The van der Waals surface area contributed by atoms with E-state index >= 15 is 0 Å². The lowest BCUT2D eigenvalue weighted by molar-refractivity contribution is 0.281. The summed E-state index contributed by atoms with van der Waals surface area (Å²) in [6.45, 7) is 2.36. The van der Waals surface area contributed by atoms with Gasteiger partial charge in [0.1, 0.15) is 0 Å². The van der Waals surface area contributed by atoms with E-state index in [9.17, 15) is 0 Å². The van der Waals surface area contributed by atoms with Crippen molar-refractivity contribution in [2.45, 2.75) is 18.5 Å². The first-order chi connectivity index (χ1) is 6.36. The summed E-state index contributed by atoms with van der Waals surface area (Å²) in [5.74, 6) is 5.31. The first kappa shape index (κ1) is 10.1. The van der Waals surface area contributed by atoms with Gasteiger partial charge in [0.15, 0.2) is 0 Å². The van der Waals surface area contributed by atoms with Crippen molar-refractivity contribution in [3.8, 4) is 0 Å². The van der Waals surface area contributed by atoms with Crippen LogP contribution >= 0.6 is 23.5 Å². The highest BCUT2D eigenvalue weighted by Crippen LogP contribution is 2.22. The van der Waals surface area contributed by atoms with Crippen molar-refractivity contribution < 1.29 is 0 Å². The molecule has 0 aromatic heterocycles. The monoisotopic (exact) mass is 218 g/mol. The third-order valence-corrected chi connectivity index (χ3v) is 5.25. The van der Waals surface area contributed by atoms with Gasteiger partial charge in [-0.1, -0.05) is 0 Å². The molecular weight excluding hydrogens is 200 g/mol. The predicted molar refractivity (Wildman–Crippen MR) is 62.6 cm³/mol. The fraction of sp³-hybridized carbons (Fsp3) is 1.00. The maximum atomic E-state index is 5.92. The summed E-state index contributed by atoms with van der Waals surface area (Å²) in [6, 6.07) is 1.24. The van der Waals surface area contributed by atoms with Gasteiger partial charge in [-0.2, -0.15) is 23.5 Å². The quantitative estimate of drug-likeness (QED) is 0.707. The zero-order valence-corrected chi connectivity index (χ0v) is 9.58. The minimum absolute atomic E-state index is 0.443. The molecule has 0 spiro atoms. The van der Waals surface area contributed by atoms with Crippen LogP contribution in [0.5, 0.6) is 0 Å². The Morgan fingerprint density at radius 1 is 1.15 bits per heavy atom. The molecule has 13 heavy (non-hydrogen) atoms. The molecule has 0 radical (unpaired) electrons. The molecule has 2 aliphatic rings. The Balaban J connectivity index is 1.84. The van der Waals surface area contributed by atoms with E-state index in [1.807, 2.05) is 0 Å². The van der Waals surface area contributed by atoms with E-state index in [-0.39, 0.29) is 0 Å². The molecule has 1 atom stereocenters. The van der Waals surface area contributed by atoms with Crippen molar-refractivity contribution in [1.29, 1.82) is 0 Å². The van der Waals surface area contributed by atoms with Gasteiger partial charge < -0.3 is 5.73 Å². The highest BCUT2D eigenvalue weighted by atomic mass is 32.2. The van der Waals surface area contributed by atoms with Crippen LogP contribution in [0, 0.1) is 0 Å². The molecule has 2 rings (SSSR count). The summed E-state index contributed by atoms with van der Waals surface area (Å²) in [7, 11) is 0. The Morgan fingerprint density at radius 3 is 2.38 bits per heavy atom. The molecule has 2 nitrogen and oxygen atoms in total. The molecule has 4 heteroatoms. The Kier molecular flexibility index (Phi) is 3.84. The molecule has 0 bridgehead atoms. The summed E-state index contributed by atoms with van der Waals surface area (Å²) in [6.07, 6.45) is 1.20. The molecule has 1 unspecified atom stereocenters. The Hall–Kier alpha value is 0.620. The van der Waals surface area contributed by atoms with Crippen LogP contribution in [0.3, 0.4) is 0 Å². The second kappa shape index (κ2) is 4.91. The molecular formula is C9H18N2S2. The number of hydrogen-bond donors (Lipinski definition) is 1. The Labute approximate surface area is 89.0 Å². The smallest absolute Gasteiger partial charge is 0.0277 e. The maximum absolute atomic E-state index is 5.92. The lowest BCUT2D eigenvalue weighted by Crippen LogP contribution is -2.38. The SMILES string of the molecule is NC1CCN(C2CSCCSC2)C1. The largest absolute Gasteiger partial charge is 0.326 e. The van der Waals surface area contributed by atoms with Crippen LogP contribution < -0.4 is 5.73 Å². The Bertz CT molecular complexity index is 158. The number of rotatable bonds is 1. The topological polar surface area (TPSA) is 29.3 Å². The van der Waals surface area contributed by atoms with E-state index < -0.39 is 0 Å². The van der Waals surface area contributed by atoms with E-state index in [0.717, 1.165) is 12.6 Å². The average Bonchev–Trinajstić information content (AvgIpc) is 2.43. The van der Waals surface area contributed by atoms with Gasteiger partial charge in [0.2, 0.25) is 0 Å². The second-order valence-electron chi connectivity index (χ2n) is 3.85. The summed E-state index contributed by atoms with van der Waals surface area (Å²) in [4.78, 5) is 2.59. The van der Waals surface area contributed by atoms with Crippen LogP contribution in [0.25, 0.3) is 0 Å². The first-order valence-electron chi connectivity index (χ1n) is 5.01. The maximum Gasteiger partial charge on any atom is 0.0277 e. The van der Waals surface area contributed by atoms with E-state index in [4.69, 9.17) is 5.73 Å².